The standard InChI is InChI=1S/C15H22N2O/c1-12(16)11-15(18)17-9-7-14(8-10-17)13-5-3-2-4-6-13/h2-6,12,14H,7-11,16H2,1H3. The van der Waals surface area contributed by atoms with Crippen molar-refractivity contribution in [2.75, 3.05) is 13.1 Å². The molecule has 3 heteroatoms. The molecule has 0 aromatic heterocycles. The van der Waals surface area contributed by atoms with Crippen molar-refractivity contribution in [1.29, 1.82) is 0 Å². The summed E-state index contributed by atoms with van der Waals surface area (Å²) in [4.78, 5) is 13.9. The van der Waals surface area contributed by atoms with Crippen molar-refractivity contribution in [2.24, 2.45) is 5.73 Å². The van der Waals surface area contributed by atoms with E-state index in [0.29, 0.717) is 12.3 Å². The summed E-state index contributed by atoms with van der Waals surface area (Å²) in [6.07, 6.45) is 2.60. The van der Waals surface area contributed by atoms with E-state index >= 15 is 0 Å². The molecule has 98 valence electrons. The van der Waals surface area contributed by atoms with E-state index in [1.54, 1.807) is 0 Å². The molecule has 1 aromatic rings. The fourth-order valence-corrected chi connectivity index (χ4v) is 2.59. The highest BCUT2D eigenvalue weighted by Crippen LogP contribution is 2.27. The lowest BCUT2D eigenvalue weighted by Crippen LogP contribution is -2.40. The van der Waals surface area contributed by atoms with Gasteiger partial charge >= 0.3 is 0 Å². The lowest BCUT2D eigenvalue weighted by molar-refractivity contribution is -0.132. The van der Waals surface area contributed by atoms with Crippen LogP contribution in [0.1, 0.15) is 37.7 Å². The lowest BCUT2D eigenvalue weighted by atomic mass is 9.89. The summed E-state index contributed by atoms with van der Waals surface area (Å²) in [5, 5.41) is 0. The van der Waals surface area contributed by atoms with Gasteiger partial charge in [-0.25, -0.2) is 0 Å². The van der Waals surface area contributed by atoms with E-state index in [-0.39, 0.29) is 11.9 Å². The van der Waals surface area contributed by atoms with Crippen LogP contribution in [0.25, 0.3) is 0 Å². The Kier molecular flexibility index (Phi) is 4.37. The summed E-state index contributed by atoms with van der Waals surface area (Å²) >= 11 is 0. The van der Waals surface area contributed by atoms with E-state index in [9.17, 15) is 4.79 Å². The van der Waals surface area contributed by atoms with Gasteiger partial charge in [0.25, 0.3) is 0 Å². The Labute approximate surface area is 109 Å². The average Bonchev–Trinajstić information content (AvgIpc) is 2.39. The molecule has 1 heterocycles. The zero-order valence-electron chi connectivity index (χ0n) is 11.0. The van der Waals surface area contributed by atoms with Crippen LogP contribution in [0, 0.1) is 0 Å². The SMILES string of the molecule is CC(N)CC(=O)N1CCC(c2ccccc2)CC1. The van der Waals surface area contributed by atoms with E-state index < -0.39 is 0 Å². The molecule has 1 aliphatic rings. The van der Waals surface area contributed by atoms with Crippen LogP contribution in [0.15, 0.2) is 30.3 Å². The third-order valence-corrected chi connectivity index (χ3v) is 3.62. The molecule has 1 aliphatic heterocycles. The van der Waals surface area contributed by atoms with Crippen LogP contribution in [0.3, 0.4) is 0 Å². The summed E-state index contributed by atoms with van der Waals surface area (Å²) in [6.45, 7) is 3.62. The molecule has 3 nitrogen and oxygen atoms in total. The number of carbonyl (C=O) groups is 1. The molecule has 1 unspecified atom stereocenters. The van der Waals surface area contributed by atoms with E-state index in [1.807, 2.05) is 17.9 Å². The number of amides is 1. The number of rotatable bonds is 3. The molecular formula is C15H22N2O. The number of hydrogen-bond acceptors (Lipinski definition) is 2. The zero-order valence-corrected chi connectivity index (χ0v) is 11.0. The van der Waals surface area contributed by atoms with Gasteiger partial charge in [-0.3, -0.25) is 4.79 Å². The first-order valence-electron chi connectivity index (χ1n) is 6.75. The van der Waals surface area contributed by atoms with Gasteiger partial charge in [0.05, 0.1) is 0 Å². The second kappa shape index (κ2) is 6.01. The number of nitrogens with two attached hydrogens (primary N) is 1. The maximum absolute atomic E-state index is 11.9. The number of carbonyl (C=O) groups excluding carboxylic acids is 1. The molecule has 2 rings (SSSR count). The largest absolute Gasteiger partial charge is 0.343 e. The van der Waals surface area contributed by atoms with Crippen molar-refractivity contribution in [2.45, 2.75) is 38.1 Å². The Bertz CT molecular complexity index is 381. The molecule has 1 atom stereocenters. The first-order valence-corrected chi connectivity index (χ1v) is 6.75. The monoisotopic (exact) mass is 246 g/mol. The fraction of sp³-hybridized carbons (Fsp3) is 0.533. The highest BCUT2D eigenvalue weighted by atomic mass is 16.2. The summed E-state index contributed by atoms with van der Waals surface area (Å²) in [5.74, 6) is 0.807. The molecule has 18 heavy (non-hydrogen) atoms. The zero-order chi connectivity index (χ0) is 13.0. The molecule has 1 fully saturated rings. The van der Waals surface area contributed by atoms with Crippen LogP contribution >= 0.6 is 0 Å². The minimum Gasteiger partial charge on any atom is -0.343 e. The number of likely N-dealkylation sites (tertiary alicyclic amines) is 1. The Morgan fingerprint density at radius 2 is 1.94 bits per heavy atom. The molecule has 1 aromatic carbocycles. The molecule has 1 amide bonds. The van der Waals surface area contributed by atoms with Crippen LogP contribution in [0.2, 0.25) is 0 Å². The van der Waals surface area contributed by atoms with Crippen molar-refractivity contribution in [1.82, 2.24) is 4.90 Å². The first kappa shape index (κ1) is 13.1. The quantitative estimate of drug-likeness (QED) is 0.888. The lowest BCUT2D eigenvalue weighted by Gasteiger charge is -2.32. The molecular weight excluding hydrogens is 224 g/mol. The molecule has 1 saturated heterocycles. The van der Waals surface area contributed by atoms with Gasteiger partial charge in [0.1, 0.15) is 0 Å². The van der Waals surface area contributed by atoms with Crippen LogP contribution in [0.4, 0.5) is 0 Å². The molecule has 2 N–H and O–H groups in total. The number of nitrogens with zero attached hydrogens (tertiary/aromatic N) is 1. The number of benzene rings is 1. The van der Waals surface area contributed by atoms with E-state index in [0.717, 1.165) is 25.9 Å². The van der Waals surface area contributed by atoms with Gasteiger partial charge in [-0.2, -0.15) is 0 Å². The van der Waals surface area contributed by atoms with Crippen molar-refractivity contribution < 1.29 is 4.79 Å². The smallest absolute Gasteiger partial charge is 0.224 e. The molecule has 0 aliphatic carbocycles. The van der Waals surface area contributed by atoms with Gasteiger partial charge in [-0.15, -0.1) is 0 Å². The first-order chi connectivity index (χ1) is 8.66. The molecule has 0 radical (unpaired) electrons. The summed E-state index contributed by atoms with van der Waals surface area (Å²) < 4.78 is 0. The predicted molar refractivity (Wildman–Crippen MR) is 73.3 cm³/mol. The van der Waals surface area contributed by atoms with Crippen LogP contribution in [-0.2, 0) is 4.79 Å². The maximum Gasteiger partial charge on any atom is 0.224 e. The highest BCUT2D eigenvalue weighted by molar-refractivity contribution is 5.76. The van der Waals surface area contributed by atoms with E-state index in [1.165, 1.54) is 5.56 Å². The second-order valence-electron chi connectivity index (χ2n) is 5.25. The van der Waals surface area contributed by atoms with Gasteiger partial charge in [0.15, 0.2) is 0 Å². The van der Waals surface area contributed by atoms with Crippen molar-refractivity contribution in [3.05, 3.63) is 35.9 Å². The normalized spacial score (nSPS) is 18.7. The van der Waals surface area contributed by atoms with E-state index in [2.05, 4.69) is 24.3 Å². The predicted octanol–water partition coefficient (Wildman–Crippen LogP) is 2.13. The van der Waals surface area contributed by atoms with Crippen LogP contribution in [-0.4, -0.2) is 29.9 Å². The third kappa shape index (κ3) is 3.33. The van der Waals surface area contributed by atoms with Gasteiger partial charge in [-0.05, 0) is 31.2 Å². The summed E-state index contributed by atoms with van der Waals surface area (Å²) in [7, 11) is 0. The highest BCUT2D eigenvalue weighted by Gasteiger charge is 2.23. The molecule has 0 spiro atoms. The van der Waals surface area contributed by atoms with Crippen molar-refractivity contribution in [3.63, 3.8) is 0 Å². The third-order valence-electron chi connectivity index (χ3n) is 3.62. The van der Waals surface area contributed by atoms with Crippen molar-refractivity contribution >= 4 is 5.91 Å². The number of hydrogen-bond donors (Lipinski definition) is 1. The topological polar surface area (TPSA) is 46.3 Å². The van der Waals surface area contributed by atoms with Crippen LogP contribution < -0.4 is 5.73 Å². The van der Waals surface area contributed by atoms with Gasteiger partial charge in [-0.1, -0.05) is 30.3 Å². The number of piperidine rings is 1. The summed E-state index contributed by atoms with van der Waals surface area (Å²) in [6, 6.07) is 10.6. The Balaban J connectivity index is 1.87. The molecule has 0 bridgehead atoms. The summed E-state index contributed by atoms with van der Waals surface area (Å²) in [5.41, 5.74) is 7.07. The molecule has 0 saturated carbocycles. The minimum atomic E-state index is -0.0376. The Hall–Kier alpha value is -1.35. The Morgan fingerprint density at radius 1 is 1.33 bits per heavy atom. The van der Waals surface area contributed by atoms with Gasteiger partial charge in [0.2, 0.25) is 5.91 Å². The van der Waals surface area contributed by atoms with Gasteiger partial charge < -0.3 is 10.6 Å². The van der Waals surface area contributed by atoms with Crippen LogP contribution in [0.5, 0.6) is 0 Å². The van der Waals surface area contributed by atoms with E-state index in [4.69, 9.17) is 5.73 Å². The second-order valence-corrected chi connectivity index (χ2v) is 5.25. The minimum absolute atomic E-state index is 0.0376. The van der Waals surface area contributed by atoms with Crippen molar-refractivity contribution in [3.8, 4) is 0 Å². The maximum atomic E-state index is 11.9. The average molecular weight is 246 g/mol. The fourth-order valence-electron chi connectivity index (χ4n) is 2.59. The van der Waals surface area contributed by atoms with Gasteiger partial charge in [0, 0.05) is 25.6 Å². The Morgan fingerprint density at radius 3 is 2.50 bits per heavy atom.